The van der Waals surface area contributed by atoms with E-state index in [1.165, 1.54) is 17.7 Å². The van der Waals surface area contributed by atoms with Crippen LogP contribution in [-0.4, -0.2) is 4.92 Å². The van der Waals surface area contributed by atoms with Crippen molar-refractivity contribution in [3.05, 3.63) is 72.7 Å². The summed E-state index contributed by atoms with van der Waals surface area (Å²) in [7, 11) is 0. The molecule has 0 aromatic heterocycles. The number of halogens is 2. The van der Waals surface area contributed by atoms with Crippen molar-refractivity contribution >= 4 is 37.5 Å². The number of nitro benzene ring substituents is 1. The molecule has 2 aromatic rings. The predicted molar refractivity (Wildman–Crippen MR) is 90.2 cm³/mol. The highest BCUT2D eigenvalue weighted by atomic mass is 79.9. The second-order valence-corrected chi connectivity index (χ2v) is 6.37. The second kappa shape index (κ2) is 7.15. The standard InChI is InChI=1S/C15H14Br2N2O2/c1-10(13-4-2-3-5-14(13)16)18-9-11-6-7-12(19(20)21)8-15(11)17/h2-8,10,18H,9H2,1H3/t10-/m0/s1. The molecular weight excluding hydrogens is 400 g/mol. The summed E-state index contributed by atoms with van der Waals surface area (Å²) < 4.78 is 1.80. The van der Waals surface area contributed by atoms with Crippen molar-refractivity contribution in [2.24, 2.45) is 0 Å². The highest BCUT2D eigenvalue weighted by molar-refractivity contribution is 9.10. The van der Waals surface area contributed by atoms with E-state index in [1.54, 1.807) is 6.07 Å². The van der Waals surface area contributed by atoms with Gasteiger partial charge in [-0.2, -0.15) is 0 Å². The van der Waals surface area contributed by atoms with Crippen molar-refractivity contribution in [3.63, 3.8) is 0 Å². The summed E-state index contributed by atoms with van der Waals surface area (Å²) in [6.07, 6.45) is 0. The van der Waals surface area contributed by atoms with Crippen molar-refractivity contribution in [1.82, 2.24) is 5.32 Å². The molecule has 6 heteroatoms. The Morgan fingerprint density at radius 1 is 1.19 bits per heavy atom. The van der Waals surface area contributed by atoms with Gasteiger partial charge < -0.3 is 5.32 Å². The van der Waals surface area contributed by atoms with Crippen molar-refractivity contribution in [3.8, 4) is 0 Å². The smallest absolute Gasteiger partial charge is 0.270 e. The molecule has 0 aliphatic rings. The minimum atomic E-state index is -0.397. The number of nitrogens with zero attached hydrogens (tertiary/aromatic N) is 1. The molecule has 0 saturated carbocycles. The Morgan fingerprint density at radius 3 is 2.52 bits per heavy atom. The fourth-order valence-electron chi connectivity index (χ4n) is 1.99. The quantitative estimate of drug-likeness (QED) is 0.556. The molecule has 0 spiro atoms. The van der Waals surface area contributed by atoms with Crippen LogP contribution >= 0.6 is 31.9 Å². The number of nitrogens with one attached hydrogen (secondary N) is 1. The number of nitro groups is 1. The lowest BCUT2D eigenvalue weighted by molar-refractivity contribution is -0.384. The third-order valence-electron chi connectivity index (χ3n) is 3.22. The number of benzene rings is 2. The van der Waals surface area contributed by atoms with Crippen molar-refractivity contribution in [2.75, 3.05) is 0 Å². The molecule has 4 nitrogen and oxygen atoms in total. The van der Waals surface area contributed by atoms with E-state index in [0.29, 0.717) is 6.54 Å². The van der Waals surface area contributed by atoms with Crippen LogP contribution in [0.1, 0.15) is 24.1 Å². The Bertz CT molecular complexity index is 662. The molecule has 0 heterocycles. The van der Waals surface area contributed by atoms with E-state index in [-0.39, 0.29) is 11.7 Å². The van der Waals surface area contributed by atoms with Crippen molar-refractivity contribution < 1.29 is 4.92 Å². The normalized spacial score (nSPS) is 12.1. The van der Waals surface area contributed by atoms with Gasteiger partial charge >= 0.3 is 0 Å². The van der Waals surface area contributed by atoms with Gasteiger partial charge in [-0.3, -0.25) is 10.1 Å². The van der Waals surface area contributed by atoms with Crippen LogP contribution in [0.3, 0.4) is 0 Å². The van der Waals surface area contributed by atoms with Crippen LogP contribution in [0.2, 0.25) is 0 Å². The molecule has 0 amide bonds. The predicted octanol–water partition coefficient (Wildman–Crippen LogP) is 4.97. The topological polar surface area (TPSA) is 55.2 Å². The van der Waals surface area contributed by atoms with Gasteiger partial charge in [-0.25, -0.2) is 0 Å². The first-order valence-electron chi connectivity index (χ1n) is 6.39. The zero-order chi connectivity index (χ0) is 15.4. The van der Waals surface area contributed by atoms with E-state index in [0.717, 1.165) is 14.5 Å². The summed E-state index contributed by atoms with van der Waals surface area (Å²) >= 11 is 6.92. The molecule has 0 unspecified atom stereocenters. The Morgan fingerprint density at radius 2 is 1.90 bits per heavy atom. The van der Waals surface area contributed by atoms with E-state index in [1.807, 2.05) is 18.2 Å². The minimum Gasteiger partial charge on any atom is -0.306 e. The van der Waals surface area contributed by atoms with Gasteiger partial charge in [0.2, 0.25) is 0 Å². The molecule has 0 fully saturated rings. The number of rotatable bonds is 5. The number of non-ortho nitro benzene ring substituents is 1. The summed E-state index contributed by atoms with van der Waals surface area (Å²) in [5.74, 6) is 0. The number of hydrogen-bond donors (Lipinski definition) is 1. The Kier molecular flexibility index (Phi) is 5.50. The SMILES string of the molecule is C[C@H](NCc1ccc([N+](=O)[O-])cc1Br)c1ccccc1Br. The molecule has 0 radical (unpaired) electrons. The Hall–Kier alpha value is -1.24. The largest absolute Gasteiger partial charge is 0.306 e. The van der Waals surface area contributed by atoms with Crippen molar-refractivity contribution in [1.29, 1.82) is 0 Å². The van der Waals surface area contributed by atoms with Gasteiger partial charge in [0.05, 0.1) is 4.92 Å². The average molecular weight is 414 g/mol. The van der Waals surface area contributed by atoms with Crippen LogP contribution in [0.25, 0.3) is 0 Å². The molecule has 21 heavy (non-hydrogen) atoms. The van der Waals surface area contributed by atoms with E-state index in [9.17, 15) is 10.1 Å². The van der Waals surface area contributed by atoms with Gasteiger partial charge in [-0.05, 0) is 30.2 Å². The first-order valence-corrected chi connectivity index (χ1v) is 7.98. The van der Waals surface area contributed by atoms with Gasteiger partial charge in [0.15, 0.2) is 0 Å². The molecule has 2 rings (SSSR count). The van der Waals surface area contributed by atoms with E-state index >= 15 is 0 Å². The van der Waals surface area contributed by atoms with Crippen LogP contribution in [0.4, 0.5) is 5.69 Å². The van der Waals surface area contributed by atoms with E-state index in [2.05, 4.69) is 50.2 Å². The molecule has 2 aromatic carbocycles. The Balaban J connectivity index is 2.06. The van der Waals surface area contributed by atoms with Gasteiger partial charge in [-0.15, -0.1) is 0 Å². The average Bonchev–Trinajstić information content (AvgIpc) is 2.46. The molecule has 0 aliphatic heterocycles. The van der Waals surface area contributed by atoms with Crippen LogP contribution in [0.15, 0.2) is 51.4 Å². The monoisotopic (exact) mass is 412 g/mol. The lowest BCUT2D eigenvalue weighted by Gasteiger charge is -2.16. The highest BCUT2D eigenvalue weighted by Gasteiger charge is 2.11. The van der Waals surface area contributed by atoms with Crippen LogP contribution in [-0.2, 0) is 6.54 Å². The van der Waals surface area contributed by atoms with Gasteiger partial charge in [0.1, 0.15) is 0 Å². The van der Waals surface area contributed by atoms with Crippen molar-refractivity contribution in [2.45, 2.75) is 19.5 Å². The first-order chi connectivity index (χ1) is 9.99. The van der Waals surface area contributed by atoms with Crippen LogP contribution < -0.4 is 5.32 Å². The fraction of sp³-hybridized carbons (Fsp3) is 0.200. The summed E-state index contributed by atoms with van der Waals surface area (Å²) in [5, 5.41) is 14.1. The molecule has 0 bridgehead atoms. The first kappa shape index (κ1) is 16.1. The van der Waals surface area contributed by atoms with Gasteiger partial charge in [0, 0.05) is 33.7 Å². The third-order valence-corrected chi connectivity index (χ3v) is 4.68. The zero-order valence-corrected chi connectivity index (χ0v) is 14.5. The molecule has 1 N–H and O–H groups in total. The maximum atomic E-state index is 10.7. The minimum absolute atomic E-state index is 0.0875. The maximum Gasteiger partial charge on any atom is 0.270 e. The summed E-state index contributed by atoms with van der Waals surface area (Å²) in [5.41, 5.74) is 2.25. The van der Waals surface area contributed by atoms with E-state index in [4.69, 9.17) is 0 Å². The molecule has 110 valence electrons. The molecule has 0 aliphatic carbocycles. The number of hydrogen-bond acceptors (Lipinski definition) is 3. The van der Waals surface area contributed by atoms with Gasteiger partial charge in [-0.1, -0.05) is 50.1 Å². The Labute approximate surface area is 140 Å². The molecule has 1 atom stereocenters. The second-order valence-electron chi connectivity index (χ2n) is 4.66. The fourth-order valence-corrected chi connectivity index (χ4v) is 3.13. The van der Waals surface area contributed by atoms with E-state index < -0.39 is 4.92 Å². The third kappa shape index (κ3) is 4.12. The van der Waals surface area contributed by atoms with Gasteiger partial charge in [0.25, 0.3) is 5.69 Å². The summed E-state index contributed by atoms with van der Waals surface area (Å²) in [6.45, 7) is 2.71. The van der Waals surface area contributed by atoms with Crippen LogP contribution in [0.5, 0.6) is 0 Å². The summed E-state index contributed by atoms with van der Waals surface area (Å²) in [4.78, 5) is 10.3. The summed E-state index contributed by atoms with van der Waals surface area (Å²) in [6, 6.07) is 13.0. The lowest BCUT2D eigenvalue weighted by Crippen LogP contribution is -2.18. The molecule has 0 saturated heterocycles. The lowest BCUT2D eigenvalue weighted by atomic mass is 10.1. The van der Waals surface area contributed by atoms with Crippen LogP contribution in [0, 0.1) is 10.1 Å². The highest BCUT2D eigenvalue weighted by Crippen LogP contribution is 2.25. The zero-order valence-electron chi connectivity index (χ0n) is 11.3. The molecular formula is C15H14Br2N2O2. The maximum absolute atomic E-state index is 10.7.